The molecule has 0 unspecified atom stereocenters. The molecule has 2 aromatic carbocycles. The van der Waals surface area contributed by atoms with Gasteiger partial charge in [-0.2, -0.15) is 0 Å². The van der Waals surface area contributed by atoms with E-state index in [1.807, 2.05) is 62.4 Å². The second kappa shape index (κ2) is 7.82. The van der Waals surface area contributed by atoms with Gasteiger partial charge in [0.2, 0.25) is 5.91 Å². The fourth-order valence-corrected chi connectivity index (χ4v) is 2.93. The molecule has 1 aromatic heterocycles. The molecule has 0 saturated heterocycles. The van der Waals surface area contributed by atoms with Crippen molar-refractivity contribution >= 4 is 11.6 Å². The van der Waals surface area contributed by atoms with E-state index in [-0.39, 0.29) is 12.5 Å². The van der Waals surface area contributed by atoms with Crippen molar-refractivity contribution in [3.8, 4) is 11.4 Å². The first-order valence-electron chi connectivity index (χ1n) is 8.66. The Hall–Kier alpha value is -3.15. The number of aromatic nitrogens is 2. The predicted octanol–water partition coefficient (Wildman–Crippen LogP) is 3.27. The maximum Gasteiger partial charge on any atom is 0.442 e. The van der Waals surface area contributed by atoms with Gasteiger partial charge in [0, 0.05) is 11.3 Å². The number of benzene rings is 2. The monoisotopic (exact) mass is 351 g/mol. The molecule has 1 amide bonds. The molecule has 6 nitrogen and oxygen atoms in total. The van der Waals surface area contributed by atoms with Gasteiger partial charge in [0.15, 0.2) is 5.82 Å². The Morgan fingerprint density at radius 1 is 1.04 bits per heavy atom. The minimum atomic E-state index is -0.654. The quantitative estimate of drug-likeness (QED) is 0.739. The first-order chi connectivity index (χ1) is 12.6. The minimum Gasteiger partial charge on any atom is -0.324 e. The molecular weight excluding hydrogens is 330 g/mol. The zero-order chi connectivity index (χ0) is 18.5. The van der Waals surface area contributed by atoms with Gasteiger partial charge < -0.3 is 5.32 Å². The first kappa shape index (κ1) is 17.7. The highest BCUT2D eigenvalue weighted by atomic mass is 16.5. The van der Waals surface area contributed by atoms with E-state index in [0.717, 1.165) is 29.7 Å². The van der Waals surface area contributed by atoms with Crippen molar-refractivity contribution < 1.29 is 9.32 Å². The second-order valence-corrected chi connectivity index (χ2v) is 5.93. The van der Waals surface area contributed by atoms with E-state index in [4.69, 9.17) is 4.52 Å². The lowest BCUT2D eigenvalue weighted by Crippen LogP contribution is -2.26. The number of rotatable bonds is 6. The van der Waals surface area contributed by atoms with E-state index in [2.05, 4.69) is 10.5 Å². The minimum absolute atomic E-state index is 0.159. The van der Waals surface area contributed by atoms with Crippen LogP contribution in [0.4, 0.5) is 5.69 Å². The van der Waals surface area contributed by atoms with Gasteiger partial charge in [0.05, 0.1) is 0 Å². The maximum absolute atomic E-state index is 12.6. The SMILES string of the molecule is CCc1cccc(CC)c1NC(=O)Cn1c(-c2ccccc2)noc1=O. The number of carbonyl (C=O) groups is 1. The number of hydrogen-bond acceptors (Lipinski definition) is 4. The standard InChI is InChI=1S/C20H21N3O3/c1-3-14-11-8-12-15(4-2)18(14)21-17(24)13-23-19(22-26-20(23)25)16-9-6-5-7-10-16/h5-12H,3-4,13H2,1-2H3,(H,21,24). The van der Waals surface area contributed by atoms with Gasteiger partial charge in [-0.15, -0.1) is 0 Å². The molecule has 6 heteroatoms. The predicted molar refractivity (Wildman–Crippen MR) is 100 cm³/mol. The highest BCUT2D eigenvalue weighted by Crippen LogP contribution is 2.23. The Morgan fingerprint density at radius 2 is 1.69 bits per heavy atom. The van der Waals surface area contributed by atoms with Crippen molar-refractivity contribution in [3.05, 3.63) is 70.2 Å². The van der Waals surface area contributed by atoms with Crippen LogP contribution in [0.5, 0.6) is 0 Å². The second-order valence-electron chi connectivity index (χ2n) is 5.93. The third kappa shape index (κ3) is 3.59. The molecule has 0 fully saturated rings. The number of carbonyl (C=O) groups excluding carboxylic acids is 1. The summed E-state index contributed by atoms with van der Waals surface area (Å²) in [5, 5.41) is 6.77. The maximum atomic E-state index is 12.6. The Bertz CT molecular complexity index is 936. The normalized spacial score (nSPS) is 10.7. The highest BCUT2D eigenvalue weighted by Gasteiger charge is 2.17. The third-order valence-corrected chi connectivity index (χ3v) is 4.28. The molecule has 134 valence electrons. The van der Waals surface area contributed by atoms with Crippen molar-refractivity contribution in [2.75, 3.05) is 5.32 Å². The summed E-state index contributed by atoms with van der Waals surface area (Å²) in [7, 11) is 0. The number of anilines is 1. The van der Waals surface area contributed by atoms with Gasteiger partial charge in [-0.3, -0.25) is 9.32 Å². The van der Waals surface area contributed by atoms with Crippen LogP contribution in [-0.4, -0.2) is 15.6 Å². The molecule has 0 atom stereocenters. The summed E-state index contributed by atoms with van der Waals surface area (Å²) in [6.45, 7) is 3.93. The molecule has 3 rings (SSSR count). The van der Waals surface area contributed by atoms with Crippen molar-refractivity contribution in [2.45, 2.75) is 33.2 Å². The van der Waals surface area contributed by atoms with E-state index in [1.165, 1.54) is 4.57 Å². The lowest BCUT2D eigenvalue weighted by Gasteiger charge is -2.14. The largest absolute Gasteiger partial charge is 0.442 e. The number of para-hydroxylation sites is 1. The highest BCUT2D eigenvalue weighted by molar-refractivity contribution is 5.92. The van der Waals surface area contributed by atoms with Gasteiger partial charge in [-0.05, 0) is 24.0 Å². The van der Waals surface area contributed by atoms with Crippen LogP contribution in [0.2, 0.25) is 0 Å². The Kier molecular flexibility index (Phi) is 5.31. The molecule has 0 aliphatic carbocycles. The van der Waals surface area contributed by atoms with Gasteiger partial charge in [-0.1, -0.05) is 67.5 Å². The van der Waals surface area contributed by atoms with Crippen LogP contribution < -0.4 is 11.1 Å². The summed E-state index contributed by atoms with van der Waals surface area (Å²) >= 11 is 0. The number of amides is 1. The van der Waals surface area contributed by atoms with Crippen LogP contribution in [0.1, 0.15) is 25.0 Å². The number of nitrogens with zero attached hydrogens (tertiary/aromatic N) is 2. The average molecular weight is 351 g/mol. The van der Waals surface area contributed by atoms with E-state index in [1.54, 1.807) is 0 Å². The lowest BCUT2D eigenvalue weighted by atomic mass is 10.0. The van der Waals surface area contributed by atoms with E-state index in [9.17, 15) is 9.59 Å². The molecule has 0 radical (unpaired) electrons. The van der Waals surface area contributed by atoms with Crippen LogP contribution in [-0.2, 0) is 24.2 Å². The average Bonchev–Trinajstić information content (AvgIpc) is 3.03. The van der Waals surface area contributed by atoms with Crippen molar-refractivity contribution in [1.82, 2.24) is 9.72 Å². The summed E-state index contributed by atoms with van der Waals surface area (Å²) in [6, 6.07) is 15.2. The molecule has 1 heterocycles. The molecule has 26 heavy (non-hydrogen) atoms. The zero-order valence-electron chi connectivity index (χ0n) is 14.9. The van der Waals surface area contributed by atoms with Crippen LogP contribution >= 0.6 is 0 Å². The van der Waals surface area contributed by atoms with Gasteiger partial charge in [-0.25, -0.2) is 9.36 Å². The third-order valence-electron chi connectivity index (χ3n) is 4.28. The molecule has 0 spiro atoms. The fraction of sp³-hybridized carbons (Fsp3) is 0.250. The smallest absolute Gasteiger partial charge is 0.324 e. The van der Waals surface area contributed by atoms with Crippen molar-refractivity contribution in [1.29, 1.82) is 0 Å². The Morgan fingerprint density at radius 3 is 2.31 bits per heavy atom. The van der Waals surface area contributed by atoms with Crippen LogP contribution in [0.25, 0.3) is 11.4 Å². The summed E-state index contributed by atoms with van der Waals surface area (Å²) in [6.07, 6.45) is 1.62. The van der Waals surface area contributed by atoms with Crippen LogP contribution in [0, 0.1) is 0 Å². The molecule has 0 aliphatic heterocycles. The summed E-state index contributed by atoms with van der Waals surface area (Å²) in [5.74, 6) is -0.605. The van der Waals surface area contributed by atoms with E-state index in [0.29, 0.717) is 11.4 Å². The van der Waals surface area contributed by atoms with Gasteiger partial charge >= 0.3 is 5.76 Å². The van der Waals surface area contributed by atoms with Crippen molar-refractivity contribution in [3.63, 3.8) is 0 Å². The molecular formula is C20H21N3O3. The zero-order valence-corrected chi connectivity index (χ0v) is 14.9. The number of hydrogen-bond donors (Lipinski definition) is 1. The van der Waals surface area contributed by atoms with Gasteiger partial charge in [0.1, 0.15) is 6.54 Å². The van der Waals surface area contributed by atoms with Gasteiger partial charge in [0.25, 0.3) is 0 Å². The van der Waals surface area contributed by atoms with Crippen molar-refractivity contribution in [2.24, 2.45) is 0 Å². The summed E-state index contributed by atoms with van der Waals surface area (Å²) < 4.78 is 6.01. The molecule has 0 aliphatic rings. The fourth-order valence-electron chi connectivity index (χ4n) is 2.93. The summed E-state index contributed by atoms with van der Waals surface area (Å²) in [4.78, 5) is 24.6. The van der Waals surface area contributed by atoms with E-state index >= 15 is 0 Å². The molecule has 0 bridgehead atoms. The number of aryl methyl sites for hydroxylation is 2. The van der Waals surface area contributed by atoms with Crippen LogP contribution in [0.3, 0.4) is 0 Å². The molecule has 0 saturated carbocycles. The summed E-state index contributed by atoms with van der Waals surface area (Å²) in [5.41, 5.74) is 3.68. The first-order valence-corrected chi connectivity index (χ1v) is 8.66. The number of nitrogens with one attached hydrogen (secondary N) is 1. The Labute approximate surface area is 151 Å². The van der Waals surface area contributed by atoms with E-state index < -0.39 is 5.76 Å². The lowest BCUT2D eigenvalue weighted by molar-refractivity contribution is -0.116. The topological polar surface area (TPSA) is 77.1 Å². The molecule has 1 N–H and O–H groups in total. The Balaban J connectivity index is 1.87. The van der Waals surface area contributed by atoms with Crippen LogP contribution in [0.15, 0.2) is 57.8 Å². The molecule has 3 aromatic rings.